The quantitative estimate of drug-likeness (QED) is 0.456. The Labute approximate surface area is 87.6 Å². The maximum absolute atomic E-state index is 12.7. The molecule has 1 rings (SSSR count). The molecular weight excluding hydrogens is 243 g/mol. The van der Waals surface area contributed by atoms with Crippen LogP contribution in [0.25, 0.3) is 0 Å². The van der Waals surface area contributed by atoms with Crippen molar-refractivity contribution in [1.29, 1.82) is 0 Å². The van der Waals surface area contributed by atoms with Crippen LogP contribution in [0.3, 0.4) is 0 Å². The molecule has 3 N–H and O–H groups in total. The topological polar surface area (TPSA) is 38.0 Å². The predicted molar refractivity (Wildman–Crippen MR) is 46.4 cm³/mol. The molecule has 0 radical (unpaired) electrons. The second-order valence-corrected chi connectivity index (χ2v) is 2.45. The molecule has 15 heavy (non-hydrogen) atoms. The number of hydrogen-bond acceptors (Lipinski definition) is 2. The zero-order chi connectivity index (χ0) is 10.9. The lowest BCUT2D eigenvalue weighted by atomic mass is 10.1. The average molecular weight is 249 g/mol. The maximum atomic E-state index is 12.7. The summed E-state index contributed by atoms with van der Waals surface area (Å²) in [5, 5.41) is 0. The Balaban J connectivity index is 0.00000196. The molecule has 0 heterocycles. The Hall–Kier alpha value is -1.08. The molecule has 86 valence electrons. The molecule has 0 aliphatic rings. The van der Waals surface area contributed by atoms with Crippen LogP contribution in [0.4, 0.5) is 27.6 Å². The smallest absolute Gasteiger partial charge is 0.323 e. The van der Waals surface area contributed by atoms with E-state index in [1.54, 1.807) is 5.43 Å². The molecule has 0 saturated carbocycles. The van der Waals surface area contributed by atoms with Crippen molar-refractivity contribution in [2.75, 3.05) is 5.43 Å². The number of nitrogen functional groups attached to an aromatic ring is 1. The Kier molecular flexibility index (Phi) is 4.29. The number of benzene rings is 1. The number of halogens is 6. The zero-order valence-corrected chi connectivity index (χ0v) is 7.85. The van der Waals surface area contributed by atoms with Crippen LogP contribution in [0.15, 0.2) is 12.1 Å². The van der Waals surface area contributed by atoms with E-state index in [1.165, 1.54) is 0 Å². The number of nitrogens with two attached hydrogens (primary N) is 1. The van der Waals surface area contributed by atoms with Crippen LogP contribution in [0, 0.1) is 11.6 Å². The van der Waals surface area contributed by atoms with Crippen molar-refractivity contribution in [2.24, 2.45) is 5.84 Å². The Morgan fingerprint density at radius 1 is 1.13 bits per heavy atom. The first-order chi connectivity index (χ1) is 6.36. The molecule has 0 fully saturated rings. The third kappa shape index (κ3) is 2.93. The third-order valence-electron chi connectivity index (χ3n) is 1.49. The van der Waals surface area contributed by atoms with Crippen molar-refractivity contribution in [3.63, 3.8) is 0 Å². The van der Waals surface area contributed by atoms with Crippen molar-refractivity contribution < 1.29 is 22.0 Å². The minimum absolute atomic E-state index is 0. The van der Waals surface area contributed by atoms with E-state index in [-0.39, 0.29) is 18.5 Å². The number of alkyl halides is 3. The standard InChI is InChI=1S/C7H5F5N2.ClH/c8-3-1-4(9)6(7(10,11)12)5(2-3)14-13;/h1-2,14H,13H2;1H. The lowest BCUT2D eigenvalue weighted by Gasteiger charge is -2.12. The van der Waals surface area contributed by atoms with E-state index >= 15 is 0 Å². The lowest BCUT2D eigenvalue weighted by Crippen LogP contribution is -2.17. The summed E-state index contributed by atoms with van der Waals surface area (Å²) in [4.78, 5) is 0. The highest BCUT2D eigenvalue weighted by Crippen LogP contribution is 2.36. The minimum Gasteiger partial charge on any atom is -0.323 e. The number of hydrazine groups is 1. The molecule has 1 aromatic rings. The van der Waals surface area contributed by atoms with E-state index in [0.29, 0.717) is 6.07 Å². The van der Waals surface area contributed by atoms with E-state index in [2.05, 4.69) is 0 Å². The van der Waals surface area contributed by atoms with Gasteiger partial charge in [-0.3, -0.25) is 5.84 Å². The summed E-state index contributed by atoms with van der Waals surface area (Å²) < 4.78 is 61.7. The van der Waals surface area contributed by atoms with E-state index in [9.17, 15) is 22.0 Å². The fraction of sp³-hybridized carbons (Fsp3) is 0.143. The van der Waals surface area contributed by atoms with Gasteiger partial charge in [0, 0.05) is 6.07 Å². The predicted octanol–water partition coefficient (Wildman–Crippen LogP) is 2.69. The summed E-state index contributed by atoms with van der Waals surface area (Å²) in [6, 6.07) is 0.607. The van der Waals surface area contributed by atoms with Gasteiger partial charge in [-0.25, -0.2) is 8.78 Å². The Morgan fingerprint density at radius 3 is 2.07 bits per heavy atom. The summed E-state index contributed by atoms with van der Waals surface area (Å²) in [6.07, 6.45) is -4.92. The second-order valence-electron chi connectivity index (χ2n) is 2.45. The normalized spacial score (nSPS) is 10.8. The average Bonchev–Trinajstić information content (AvgIpc) is 1.99. The summed E-state index contributed by atoms with van der Waals surface area (Å²) >= 11 is 0. The summed E-state index contributed by atoms with van der Waals surface area (Å²) in [5.41, 5.74) is -0.864. The van der Waals surface area contributed by atoms with Crippen molar-refractivity contribution >= 4 is 18.1 Å². The number of hydrogen-bond donors (Lipinski definition) is 2. The van der Waals surface area contributed by atoms with E-state index < -0.39 is 29.1 Å². The number of rotatable bonds is 1. The first-order valence-corrected chi connectivity index (χ1v) is 3.39. The van der Waals surface area contributed by atoms with E-state index in [0.717, 1.165) is 0 Å². The molecule has 0 saturated heterocycles. The molecule has 0 unspecified atom stereocenters. The van der Waals surface area contributed by atoms with Crippen LogP contribution in [0.2, 0.25) is 0 Å². The molecule has 0 amide bonds. The summed E-state index contributed by atoms with van der Waals surface area (Å²) in [5.74, 6) is 1.86. The molecule has 2 nitrogen and oxygen atoms in total. The molecule has 1 aromatic carbocycles. The molecule has 0 aliphatic heterocycles. The first-order valence-electron chi connectivity index (χ1n) is 3.39. The third-order valence-corrected chi connectivity index (χ3v) is 1.49. The van der Waals surface area contributed by atoms with Gasteiger partial charge in [0.05, 0.1) is 5.69 Å². The van der Waals surface area contributed by atoms with Crippen LogP contribution in [0.5, 0.6) is 0 Å². The molecule has 8 heteroatoms. The molecule has 0 atom stereocenters. The molecule has 0 spiro atoms. The molecular formula is C7H6ClF5N2. The van der Waals surface area contributed by atoms with Gasteiger partial charge in [-0.15, -0.1) is 12.4 Å². The second kappa shape index (κ2) is 4.63. The minimum atomic E-state index is -4.92. The highest BCUT2D eigenvalue weighted by atomic mass is 35.5. The van der Waals surface area contributed by atoms with Gasteiger partial charge in [-0.2, -0.15) is 13.2 Å². The van der Waals surface area contributed by atoms with Crippen molar-refractivity contribution in [1.82, 2.24) is 0 Å². The van der Waals surface area contributed by atoms with Gasteiger partial charge in [0.2, 0.25) is 0 Å². The number of anilines is 1. The Morgan fingerprint density at radius 2 is 1.67 bits per heavy atom. The first kappa shape index (κ1) is 13.9. The zero-order valence-electron chi connectivity index (χ0n) is 7.03. The molecule has 0 aromatic heterocycles. The Bertz CT molecular complexity index is 352. The van der Waals surface area contributed by atoms with Crippen molar-refractivity contribution in [2.45, 2.75) is 6.18 Å². The molecule has 0 bridgehead atoms. The van der Waals surface area contributed by atoms with Gasteiger partial charge in [-0.1, -0.05) is 0 Å². The van der Waals surface area contributed by atoms with Crippen LogP contribution in [-0.2, 0) is 6.18 Å². The highest BCUT2D eigenvalue weighted by Gasteiger charge is 2.37. The SMILES string of the molecule is Cl.NNc1cc(F)cc(F)c1C(F)(F)F. The summed E-state index contributed by atoms with van der Waals surface area (Å²) in [6.45, 7) is 0. The van der Waals surface area contributed by atoms with Crippen LogP contribution in [-0.4, -0.2) is 0 Å². The van der Waals surface area contributed by atoms with Crippen LogP contribution in [0.1, 0.15) is 5.56 Å². The van der Waals surface area contributed by atoms with Gasteiger partial charge in [-0.05, 0) is 6.07 Å². The van der Waals surface area contributed by atoms with Gasteiger partial charge in [0.15, 0.2) is 0 Å². The fourth-order valence-corrected chi connectivity index (χ4v) is 0.976. The van der Waals surface area contributed by atoms with Gasteiger partial charge in [0.1, 0.15) is 17.2 Å². The van der Waals surface area contributed by atoms with E-state index in [4.69, 9.17) is 5.84 Å². The largest absolute Gasteiger partial charge is 0.421 e. The van der Waals surface area contributed by atoms with Crippen LogP contribution >= 0.6 is 12.4 Å². The summed E-state index contributed by atoms with van der Waals surface area (Å²) in [7, 11) is 0. The fourth-order valence-electron chi connectivity index (χ4n) is 0.976. The van der Waals surface area contributed by atoms with Gasteiger partial charge in [0.25, 0.3) is 0 Å². The van der Waals surface area contributed by atoms with Crippen LogP contribution < -0.4 is 11.3 Å². The van der Waals surface area contributed by atoms with E-state index in [1.807, 2.05) is 0 Å². The van der Waals surface area contributed by atoms with Gasteiger partial charge >= 0.3 is 6.18 Å². The lowest BCUT2D eigenvalue weighted by molar-refractivity contribution is -0.139. The molecule has 0 aliphatic carbocycles. The number of nitrogens with one attached hydrogen (secondary N) is 1. The van der Waals surface area contributed by atoms with Gasteiger partial charge < -0.3 is 5.43 Å². The maximum Gasteiger partial charge on any atom is 0.421 e. The van der Waals surface area contributed by atoms with Crippen molar-refractivity contribution in [3.8, 4) is 0 Å². The monoisotopic (exact) mass is 248 g/mol. The highest BCUT2D eigenvalue weighted by molar-refractivity contribution is 5.85. The van der Waals surface area contributed by atoms with Crippen molar-refractivity contribution in [3.05, 3.63) is 29.3 Å².